The Morgan fingerprint density at radius 3 is 2.76 bits per heavy atom. The molecule has 0 aliphatic heterocycles. The number of amides is 1. The molecule has 0 spiro atoms. The molecule has 1 unspecified atom stereocenters. The first-order valence-corrected chi connectivity index (χ1v) is 6.01. The first-order chi connectivity index (χ1) is 8.06. The van der Waals surface area contributed by atoms with Crippen molar-refractivity contribution in [1.82, 2.24) is 5.32 Å². The zero-order chi connectivity index (χ0) is 12.8. The average Bonchev–Trinajstić information content (AvgIpc) is 2.30. The van der Waals surface area contributed by atoms with Gasteiger partial charge >= 0.3 is 0 Å². The van der Waals surface area contributed by atoms with E-state index in [0.717, 1.165) is 16.7 Å². The van der Waals surface area contributed by atoms with Gasteiger partial charge in [-0.3, -0.25) is 4.79 Å². The highest BCUT2D eigenvalue weighted by molar-refractivity contribution is 5.95. The molecule has 0 aliphatic carbocycles. The van der Waals surface area contributed by atoms with Crippen LogP contribution < -0.4 is 5.32 Å². The van der Waals surface area contributed by atoms with E-state index in [1.54, 1.807) is 0 Å². The molecule has 0 fully saturated rings. The van der Waals surface area contributed by atoms with Gasteiger partial charge in [0.1, 0.15) is 0 Å². The van der Waals surface area contributed by atoms with E-state index in [1.165, 1.54) is 0 Å². The SMILES string of the molecule is Cc1cccc(C(=O)NCC(C)CCO)c1C. The fourth-order valence-corrected chi connectivity index (χ4v) is 1.68. The number of benzene rings is 1. The van der Waals surface area contributed by atoms with Crippen molar-refractivity contribution >= 4 is 5.91 Å². The fourth-order valence-electron chi connectivity index (χ4n) is 1.68. The van der Waals surface area contributed by atoms with Crippen LogP contribution in [0.2, 0.25) is 0 Å². The predicted octanol–water partition coefficient (Wildman–Crippen LogP) is 2.05. The highest BCUT2D eigenvalue weighted by atomic mass is 16.3. The van der Waals surface area contributed by atoms with Crippen LogP contribution in [0.4, 0.5) is 0 Å². The molecule has 0 aliphatic rings. The van der Waals surface area contributed by atoms with Crippen molar-refractivity contribution < 1.29 is 9.90 Å². The zero-order valence-corrected chi connectivity index (χ0v) is 10.8. The maximum atomic E-state index is 12.0. The summed E-state index contributed by atoms with van der Waals surface area (Å²) in [5, 5.41) is 11.7. The second kappa shape index (κ2) is 6.40. The van der Waals surface area contributed by atoms with Crippen LogP contribution in [0, 0.1) is 19.8 Å². The van der Waals surface area contributed by atoms with Gasteiger partial charge in [-0.25, -0.2) is 0 Å². The number of hydrogen-bond donors (Lipinski definition) is 2. The van der Waals surface area contributed by atoms with Gasteiger partial charge in [0, 0.05) is 18.7 Å². The minimum Gasteiger partial charge on any atom is -0.396 e. The lowest BCUT2D eigenvalue weighted by Gasteiger charge is -2.13. The number of aryl methyl sites for hydroxylation is 1. The molecule has 1 aromatic carbocycles. The maximum absolute atomic E-state index is 12.0. The highest BCUT2D eigenvalue weighted by Crippen LogP contribution is 2.12. The van der Waals surface area contributed by atoms with Crippen molar-refractivity contribution in [1.29, 1.82) is 0 Å². The Kier molecular flexibility index (Phi) is 5.16. The lowest BCUT2D eigenvalue weighted by Crippen LogP contribution is -2.29. The minimum absolute atomic E-state index is 0.0315. The van der Waals surface area contributed by atoms with E-state index in [2.05, 4.69) is 5.32 Å². The molecule has 0 radical (unpaired) electrons. The summed E-state index contributed by atoms with van der Waals surface area (Å²) in [5.74, 6) is 0.269. The van der Waals surface area contributed by atoms with Crippen LogP contribution in [-0.4, -0.2) is 24.2 Å². The summed E-state index contributed by atoms with van der Waals surface area (Å²) in [6.45, 7) is 6.74. The van der Waals surface area contributed by atoms with Gasteiger partial charge in [0.2, 0.25) is 0 Å². The van der Waals surface area contributed by atoms with Crippen molar-refractivity contribution in [3.05, 3.63) is 34.9 Å². The number of hydrogen-bond acceptors (Lipinski definition) is 2. The molecule has 1 aromatic rings. The Balaban J connectivity index is 2.61. The van der Waals surface area contributed by atoms with E-state index in [9.17, 15) is 4.79 Å². The van der Waals surface area contributed by atoms with Gasteiger partial charge < -0.3 is 10.4 Å². The van der Waals surface area contributed by atoms with E-state index in [-0.39, 0.29) is 12.5 Å². The Bertz CT molecular complexity index is 388. The summed E-state index contributed by atoms with van der Waals surface area (Å²) < 4.78 is 0. The number of carbonyl (C=O) groups excluding carboxylic acids is 1. The first kappa shape index (κ1) is 13.7. The van der Waals surface area contributed by atoms with Crippen LogP contribution in [-0.2, 0) is 0 Å². The van der Waals surface area contributed by atoms with E-state index in [4.69, 9.17) is 5.11 Å². The average molecular weight is 235 g/mol. The third kappa shape index (κ3) is 3.86. The summed E-state index contributed by atoms with van der Waals surface area (Å²) in [5.41, 5.74) is 2.89. The fraction of sp³-hybridized carbons (Fsp3) is 0.500. The molecule has 0 saturated carbocycles. The van der Waals surface area contributed by atoms with Crippen molar-refractivity contribution in [2.45, 2.75) is 27.2 Å². The standard InChI is InChI=1S/C14H21NO2/c1-10(7-8-16)9-15-14(17)13-6-4-5-11(2)12(13)3/h4-6,10,16H,7-9H2,1-3H3,(H,15,17). The second-order valence-electron chi connectivity index (χ2n) is 4.57. The van der Waals surface area contributed by atoms with Gasteiger partial charge in [0.15, 0.2) is 0 Å². The van der Waals surface area contributed by atoms with E-state index >= 15 is 0 Å². The molecule has 3 heteroatoms. The summed E-state index contributed by atoms with van der Waals surface area (Å²) in [6.07, 6.45) is 0.715. The van der Waals surface area contributed by atoms with Crippen LogP contribution in [0.15, 0.2) is 18.2 Å². The Morgan fingerprint density at radius 1 is 1.41 bits per heavy atom. The molecule has 3 nitrogen and oxygen atoms in total. The van der Waals surface area contributed by atoms with E-state index in [1.807, 2.05) is 39.0 Å². The summed E-state index contributed by atoms with van der Waals surface area (Å²) in [4.78, 5) is 12.0. The number of rotatable bonds is 5. The molecule has 1 atom stereocenters. The van der Waals surface area contributed by atoms with Crippen molar-refractivity contribution in [2.75, 3.05) is 13.2 Å². The maximum Gasteiger partial charge on any atom is 0.251 e. The van der Waals surface area contributed by atoms with Crippen molar-refractivity contribution in [3.8, 4) is 0 Å². The van der Waals surface area contributed by atoms with Crippen molar-refractivity contribution in [3.63, 3.8) is 0 Å². The number of aliphatic hydroxyl groups excluding tert-OH is 1. The zero-order valence-electron chi connectivity index (χ0n) is 10.8. The van der Waals surface area contributed by atoms with Gasteiger partial charge in [0.25, 0.3) is 5.91 Å². The third-order valence-corrected chi connectivity index (χ3v) is 3.08. The lowest BCUT2D eigenvalue weighted by atomic mass is 10.0. The molecule has 0 heterocycles. The third-order valence-electron chi connectivity index (χ3n) is 3.08. The smallest absolute Gasteiger partial charge is 0.251 e. The number of nitrogens with one attached hydrogen (secondary N) is 1. The Hall–Kier alpha value is -1.35. The van der Waals surface area contributed by atoms with Gasteiger partial charge in [-0.05, 0) is 43.4 Å². The second-order valence-corrected chi connectivity index (χ2v) is 4.57. The van der Waals surface area contributed by atoms with Crippen molar-refractivity contribution in [2.24, 2.45) is 5.92 Å². The molecule has 0 aromatic heterocycles. The summed E-state index contributed by atoms with van der Waals surface area (Å²) in [7, 11) is 0. The summed E-state index contributed by atoms with van der Waals surface area (Å²) in [6, 6.07) is 5.74. The van der Waals surface area contributed by atoms with E-state index < -0.39 is 0 Å². The van der Waals surface area contributed by atoms with Crippen LogP contribution in [0.3, 0.4) is 0 Å². The van der Waals surface area contributed by atoms with Gasteiger partial charge in [0.05, 0.1) is 0 Å². The van der Waals surface area contributed by atoms with Crippen LogP contribution in [0.5, 0.6) is 0 Å². The molecule has 94 valence electrons. The molecular formula is C14H21NO2. The lowest BCUT2D eigenvalue weighted by molar-refractivity contribution is 0.0944. The molecule has 0 saturated heterocycles. The van der Waals surface area contributed by atoms with Crippen LogP contribution in [0.25, 0.3) is 0 Å². The first-order valence-electron chi connectivity index (χ1n) is 6.01. The van der Waals surface area contributed by atoms with Crippen LogP contribution in [0.1, 0.15) is 34.8 Å². The molecular weight excluding hydrogens is 214 g/mol. The largest absolute Gasteiger partial charge is 0.396 e. The number of aliphatic hydroxyl groups is 1. The van der Waals surface area contributed by atoms with Gasteiger partial charge in [-0.2, -0.15) is 0 Å². The molecule has 1 rings (SSSR count). The van der Waals surface area contributed by atoms with Crippen LogP contribution >= 0.6 is 0 Å². The highest BCUT2D eigenvalue weighted by Gasteiger charge is 2.10. The molecule has 2 N–H and O–H groups in total. The number of carbonyl (C=O) groups is 1. The Labute approximate surface area is 103 Å². The van der Waals surface area contributed by atoms with Gasteiger partial charge in [-0.1, -0.05) is 19.1 Å². The molecule has 0 bridgehead atoms. The Morgan fingerprint density at radius 2 is 2.12 bits per heavy atom. The molecule has 17 heavy (non-hydrogen) atoms. The topological polar surface area (TPSA) is 49.3 Å². The van der Waals surface area contributed by atoms with Gasteiger partial charge in [-0.15, -0.1) is 0 Å². The molecule has 1 amide bonds. The quantitative estimate of drug-likeness (QED) is 0.820. The monoisotopic (exact) mass is 235 g/mol. The minimum atomic E-state index is -0.0315. The summed E-state index contributed by atoms with van der Waals surface area (Å²) >= 11 is 0. The van der Waals surface area contributed by atoms with E-state index in [0.29, 0.717) is 18.9 Å². The normalized spacial score (nSPS) is 12.2. The predicted molar refractivity (Wildman–Crippen MR) is 69.1 cm³/mol.